The van der Waals surface area contributed by atoms with Crippen LogP contribution in [0.2, 0.25) is 0 Å². The maximum Gasteiger partial charge on any atom is 0.573 e. The number of ether oxygens (including phenoxy) is 1. The van der Waals surface area contributed by atoms with Gasteiger partial charge in [-0.25, -0.2) is 0 Å². The molecule has 1 nitrogen and oxygen atoms in total. The molecule has 0 saturated heterocycles. The van der Waals surface area contributed by atoms with Crippen molar-refractivity contribution in [2.75, 3.05) is 0 Å². The fraction of sp³-hybridized carbons (Fsp3) is 0.217. The van der Waals surface area contributed by atoms with Gasteiger partial charge in [0.2, 0.25) is 0 Å². The van der Waals surface area contributed by atoms with Crippen molar-refractivity contribution >= 4 is 0 Å². The Hall–Kier alpha value is -2.75. The van der Waals surface area contributed by atoms with Crippen LogP contribution in [0.5, 0.6) is 5.75 Å². The van der Waals surface area contributed by atoms with Crippen LogP contribution in [0.3, 0.4) is 0 Å². The van der Waals surface area contributed by atoms with Crippen LogP contribution in [0.15, 0.2) is 54.6 Å². The lowest BCUT2D eigenvalue weighted by atomic mass is 9.94. The molecule has 0 saturated carbocycles. The Labute approximate surface area is 157 Å². The van der Waals surface area contributed by atoms with Gasteiger partial charge < -0.3 is 4.74 Å². The van der Waals surface area contributed by atoms with Gasteiger partial charge in [0.05, 0.1) is 0 Å². The fourth-order valence-electron chi connectivity index (χ4n) is 3.20. The van der Waals surface area contributed by atoms with E-state index in [0.717, 1.165) is 27.8 Å². The van der Waals surface area contributed by atoms with Crippen LogP contribution in [0.1, 0.15) is 22.3 Å². The van der Waals surface area contributed by atoms with Crippen LogP contribution in [-0.2, 0) is 0 Å². The Morgan fingerprint density at radius 1 is 0.630 bits per heavy atom. The van der Waals surface area contributed by atoms with Gasteiger partial charge in [-0.05, 0) is 84.3 Å². The highest BCUT2D eigenvalue weighted by Gasteiger charge is 2.31. The van der Waals surface area contributed by atoms with E-state index in [9.17, 15) is 13.2 Å². The summed E-state index contributed by atoms with van der Waals surface area (Å²) in [5.74, 6) is -0.203. The van der Waals surface area contributed by atoms with Gasteiger partial charge in [-0.2, -0.15) is 0 Å². The molecule has 3 aromatic carbocycles. The summed E-state index contributed by atoms with van der Waals surface area (Å²) in [5, 5.41) is 0. The summed E-state index contributed by atoms with van der Waals surface area (Å²) in [5.41, 5.74) is 8.64. The van der Waals surface area contributed by atoms with E-state index in [1.165, 1.54) is 28.8 Å². The molecule has 0 aliphatic carbocycles. The van der Waals surface area contributed by atoms with Crippen molar-refractivity contribution in [2.24, 2.45) is 0 Å². The Bertz CT molecular complexity index is 947. The molecule has 0 heterocycles. The third-order valence-corrected chi connectivity index (χ3v) is 4.89. The number of hydrogen-bond donors (Lipinski definition) is 0. The monoisotopic (exact) mass is 370 g/mol. The van der Waals surface area contributed by atoms with Crippen molar-refractivity contribution in [3.63, 3.8) is 0 Å². The van der Waals surface area contributed by atoms with E-state index < -0.39 is 6.36 Å². The standard InChI is InChI=1S/C23H21F3O/c1-14-11-20(12-15(2)17(14)4)18-5-7-19(8-6-18)22-10-9-21(13-16(22)3)27-23(24,25)26/h5-13H,1-4H3. The summed E-state index contributed by atoms with van der Waals surface area (Å²) in [6.45, 7) is 8.11. The quantitative estimate of drug-likeness (QED) is 0.475. The molecule has 0 atom stereocenters. The molecule has 140 valence electrons. The van der Waals surface area contributed by atoms with Crippen molar-refractivity contribution in [1.82, 2.24) is 0 Å². The van der Waals surface area contributed by atoms with Gasteiger partial charge >= 0.3 is 6.36 Å². The SMILES string of the molecule is Cc1cc(OC(F)(F)F)ccc1-c1ccc(-c2cc(C)c(C)c(C)c2)cc1. The second-order valence-corrected chi connectivity index (χ2v) is 6.84. The topological polar surface area (TPSA) is 9.23 Å². The molecule has 0 radical (unpaired) electrons. The van der Waals surface area contributed by atoms with Crippen molar-refractivity contribution < 1.29 is 17.9 Å². The minimum absolute atomic E-state index is 0.203. The van der Waals surface area contributed by atoms with E-state index in [2.05, 4.69) is 37.6 Å². The fourth-order valence-corrected chi connectivity index (χ4v) is 3.20. The van der Waals surface area contributed by atoms with Crippen LogP contribution in [0.4, 0.5) is 13.2 Å². The lowest BCUT2D eigenvalue weighted by molar-refractivity contribution is -0.274. The Morgan fingerprint density at radius 3 is 1.70 bits per heavy atom. The lowest BCUT2D eigenvalue weighted by Gasteiger charge is -2.13. The summed E-state index contributed by atoms with van der Waals surface area (Å²) in [4.78, 5) is 0. The Balaban J connectivity index is 1.90. The zero-order valence-corrected chi connectivity index (χ0v) is 15.7. The van der Waals surface area contributed by atoms with Crippen LogP contribution >= 0.6 is 0 Å². The molecule has 3 aromatic rings. The first-order valence-electron chi connectivity index (χ1n) is 8.69. The van der Waals surface area contributed by atoms with E-state index in [1.807, 2.05) is 24.3 Å². The van der Waals surface area contributed by atoms with E-state index in [-0.39, 0.29) is 5.75 Å². The minimum atomic E-state index is -4.68. The first-order chi connectivity index (χ1) is 12.6. The maximum absolute atomic E-state index is 12.4. The van der Waals surface area contributed by atoms with E-state index >= 15 is 0 Å². The van der Waals surface area contributed by atoms with Gasteiger partial charge in [0.25, 0.3) is 0 Å². The number of benzene rings is 3. The average molecular weight is 370 g/mol. The zero-order chi connectivity index (χ0) is 19.8. The predicted octanol–water partition coefficient (Wildman–Crippen LogP) is 7.15. The molecule has 0 amide bonds. The molecule has 3 rings (SSSR count). The number of hydrogen-bond acceptors (Lipinski definition) is 1. The maximum atomic E-state index is 12.4. The van der Waals surface area contributed by atoms with Crippen molar-refractivity contribution in [3.8, 4) is 28.0 Å². The largest absolute Gasteiger partial charge is 0.573 e. The van der Waals surface area contributed by atoms with E-state index in [0.29, 0.717) is 0 Å². The molecule has 0 aliphatic heterocycles. The Kier molecular flexibility index (Phi) is 5.01. The van der Waals surface area contributed by atoms with Crippen molar-refractivity contribution in [2.45, 2.75) is 34.1 Å². The van der Waals surface area contributed by atoms with Gasteiger partial charge in [-0.15, -0.1) is 13.2 Å². The molecule has 0 unspecified atom stereocenters. The summed E-state index contributed by atoms with van der Waals surface area (Å²) in [6, 6.07) is 16.8. The summed E-state index contributed by atoms with van der Waals surface area (Å²) < 4.78 is 41.1. The number of alkyl halides is 3. The molecule has 27 heavy (non-hydrogen) atoms. The van der Waals surface area contributed by atoms with Crippen molar-refractivity contribution in [1.29, 1.82) is 0 Å². The number of aryl methyl sites for hydroxylation is 3. The molecule has 0 aromatic heterocycles. The third-order valence-electron chi connectivity index (χ3n) is 4.89. The predicted molar refractivity (Wildman–Crippen MR) is 103 cm³/mol. The number of halogens is 3. The van der Waals surface area contributed by atoms with E-state index in [1.54, 1.807) is 13.0 Å². The molecule has 0 N–H and O–H groups in total. The van der Waals surface area contributed by atoms with Gasteiger partial charge in [0.1, 0.15) is 5.75 Å². The van der Waals surface area contributed by atoms with Crippen LogP contribution in [0, 0.1) is 27.7 Å². The summed E-state index contributed by atoms with van der Waals surface area (Å²) in [6.07, 6.45) is -4.68. The van der Waals surface area contributed by atoms with Gasteiger partial charge in [-0.3, -0.25) is 0 Å². The molecular formula is C23H21F3O. The highest BCUT2D eigenvalue weighted by molar-refractivity contribution is 5.73. The summed E-state index contributed by atoms with van der Waals surface area (Å²) in [7, 11) is 0. The number of rotatable bonds is 3. The van der Waals surface area contributed by atoms with Crippen LogP contribution in [0.25, 0.3) is 22.3 Å². The molecule has 0 spiro atoms. The third kappa shape index (κ3) is 4.33. The average Bonchev–Trinajstić information content (AvgIpc) is 2.58. The minimum Gasteiger partial charge on any atom is -0.406 e. The molecule has 4 heteroatoms. The van der Waals surface area contributed by atoms with Gasteiger partial charge in [0.15, 0.2) is 0 Å². The second kappa shape index (κ2) is 7.10. The molecular weight excluding hydrogens is 349 g/mol. The highest BCUT2D eigenvalue weighted by atomic mass is 19.4. The highest BCUT2D eigenvalue weighted by Crippen LogP contribution is 2.32. The molecule has 0 bridgehead atoms. The lowest BCUT2D eigenvalue weighted by Crippen LogP contribution is -2.17. The van der Waals surface area contributed by atoms with E-state index in [4.69, 9.17) is 0 Å². The Morgan fingerprint density at radius 2 is 1.19 bits per heavy atom. The normalized spacial score (nSPS) is 11.5. The van der Waals surface area contributed by atoms with Gasteiger partial charge in [-0.1, -0.05) is 42.5 Å². The first-order valence-corrected chi connectivity index (χ1v) is 8.69. The smallest absolute Gasteiger partial charge is 0.406 e. The van der Waals surface area contributed by atoms with Gasteiger partial charge in [0, 0.05) is 0 Å². The van der Waals surface area contributed by atoms with Crippen LogP contribution < -0.4 is 4.74 Å². The summed E-state index contributed by atoms with van der Waals surface area (Å²) >= 11 is 0. The molecule has 0 aliphatic rings. The second-order valence-electron chi connectivity index (χ2n) is 6.84. The zero-order valence-electron chi connectivity index (χ0n) is 15.7. The first kappa shape index (κ1) is 19.0. The molecule has 0 fully saturated rings. The van der Waals surface area contributed by atoms with Crippen LogP contribution in [-0.4, -0.2) is 6.36 Å². The van der Waals surface area contributed by atoms with Crippen molar-refractivity contribution in [3.05, 3.63) is 76.9 Å².